The number of rotatable bonds is 11. The summed E-state index contributed by atoms with van der Waals surface area (Å²) in [5.41, 5.74) is 0.133. The molecule has 23 heavy (non-hydrogen) atoms. The molecule has 0 aliphatic carbocycles. The van der Waals surface area contributed by atoms with Crippen molar-refractivity contribution in [3.05, 3.63) is 35.4 Å². The highest BCUT2D eigenvalue weighted by molar-refractivity contribution is 6.02. The topological polar surface area (TPSA) is 46.5 Å². The Bertz CT molecular complexity index is 484. The molecule has 0 fully saturated rings. The molecule has 1 aromatic rings. The minimum atomic E-state index is -1.43. The first-order valence-electron chi connectivity index (χ1n) is 8.88. The molecule has 1 aromatic carbocycles. The molecule has 0 heterocycles. The van der Waals surface area contributed by atoms with E-state index < -0.39 is 5.60 Å². The number of hydrogen-bond donors (Lipinski definition) is 1. The van der Waals surface area contributed by atoms with E-state index in [1.165, 1.54) is 12.8 Å². The van der Waals surface area contributed by atoms with Crippen LogP contribution in [0.1, 0.15) is 68.8 Å². The molecular weight excluding hydrogens is 288 g/mol. The Balaban J connectivity index is 2.64. The van der Waals surface area contributed by atoms with Crippen LogP contribution in [-0.4, -0.2) is 29.7 Å². The maximum atomic E-state index is 12.6. The standard InChI is InChI=1S/C20H32O3/c1-5-8-11-17(6-2)14-23-15-20(22,7-3)19(21)18-12-9-10-16(4)13-18/h9-10,12-13,17,22H,5-8,11,14-15H2,1-4H3. The van der Waals surface area contributed by atoms with Crippen LogP contribution in [0.2, 0.25) is 0 Å². The largest absolute Gasteiger partial charge is 0.379 e. The number of hydrogen-bond acceptors (Lipinski definition) is 3. The van der Waals surface area contributed by atoms with E-state index in [-0.39, 0.29) is 12.4 Å². The van der Waals surface area contributed by atoms with Gasteiger partial charge in [0, 0.05) is 12.2 Å². The predicted octanol–water partition coefficient (Wildman–Crippen LogP) is 4.55. The smallest absolute Gasteiger partial charge is 0.196 e. The van der Waals surface area contributed by atoms with Gasteiger partial charge in [0.05, 0.1) is 6.61 Å². The Hall–Kier alpha value is -1.19. The molecule has 130 valence electrons. The van der Waals surface area contributed by atoms with Crippen LogP contribution in [0, 0.1) is 12.8 Å². The lowest BCUT2D eigenvalue weighted by atomic mass is 9.90. The Kier molecular flexibility index (Phi) is 8.49. The number of ketones is 1. The highest BCUT2D eigenvalue weighted by Gasteiger charge is 2.35. The quantitative estimate of drug-likeness (QED) is 0.608. The van der Waals surface area contributed by atoms with Crippen molar-refractivity contribution in [2.75, 3.05) is 13.2 Å². The zero-order valence-electron chi connectivity index (χ0n) is 15.1. The number of benzene rings is 1. The molecule has 0 saturated heterocycles. The molecule has 0 aromatic heterocycles. The first-order valence-corrected chi connectivity index (χ1v) is 8.88. The van der Waals surface area contributed by atoms with Crippen molar-refractivity contribution < 1.29 is 14.6 Å². The van der Waals surface area contributed by atoms with E-state index in [2.05, 4.69) is 13.8 Å². The Morgan fingerprint density at radius 3 is 2.61 bits per heavy atom. The van der Waals surface area contributed by atoms with Crippen LogP contribution in [0.15, 0.2) is 24.3 Å². The van der Waals surface area contributed by atoms with Crippen molar-refractivity contribution in [2.24, 2.45) is 5.92 Å². The molecule has 0 spiro atoms. The first-order chi connectivity index (χ1) is 11.0. The minimum Gasteiger partial charge on any atom is -0.379 e. The van der Waals surface area contributed by atoms with Gasteiger partial charge in [-0.15, -0.1) is 0 Å². The van der Waals surface area contributed by atoms with Crippen molar-refractivity contribution in [3.63, 3.8) is 0 Å². The van der Waals surface area contributed by atoms with Crippen LogP contribution in [-0.2, 0) is 4.74 Å². The van der Waals surface area contributed by atoms with Gasteiger partial charge in [-0.05, 0) is 31.7 Å². The van der Waals surface area contributed by atoms with Crippen molar-refractivity contribution in [2.45, 2.75) is 65.4 Å². The van der Waals surface area contributed by atoms with Gasteiger partial charge in [-0.3, -0.25) is 4.79 Å². The van der Waals surface area contributed by atoms with Gasteiger partial charge < -0.3 is 9.84 Å². The molecule has 0 radical (unpaired) electrons. The summed E-state index contributed by atoms with van der Waals surface area (Å²) in [6.07, 6.45) is 4.94. The van der Waals surface area contributed by atoms with E-state index in [1.54, 1.807) is 6.07 Å². The normalized spacial score (nSPS) is 15.2. The van der Waals surface area contributed by atoms with Crippen molar-refractivity contribution in [1.29, 1.82) is 0 Å². The molecular formula is C20H32O3. The fraction of sp³-hybridized carbons (Fsp3) is 0.650. The summed E-state index contributed by atoms with van der Waals surface area (Å²) in [4.78, 5) is 12.6. The molecule has 3 heteroatoms. The average molecular weight is 320 g/mol. The highest BCUT2D eigenvalue weighted by Crippen LogP contribution is 2.20. The molecule has 3 nitrogen and oxygen atoms in total. The van der Waals surface area contributed by atoms with Gasteiger partial charge in [0.2, 0.25) is 0 Å². The zero-order valence-corrected chi connectivity index (χ0v) is 15.1. The van der Waals surface area contributed by atoms with Crippen LogP contribution in [0.4, 0.5) is 0 Å². The number of unbranched alkanes of at least 4 members (excludes halogenated alkanes) is 1. The van der Waals surface area contributed by atoms with Crippen LogP contribution < -0.4 is 0 Å². The third kappa shape index (κ3) is 6.08. The molecule has 0 aliphatic heterocycles. The summed E-state index contributed by atoms with van der Waals surface area (Å²) in [5, 5.41) is 10.7. The number of carbonyl (C=O) groups excluding carboxylic acids is 1. The number of ether oxygens (including phenoxy) is 1. The van der Waals surface area contributed by atoms with E-state index in [0.29, 0.717) is 24.5 Å². The molecule has 0 aliphatic rings. The zero-order chi connectivity index (χ0) is 17.3. The Morgan fingerprint density at radius 1 is 1.30 bits per heavy atom. The maximum absolute atomic E-state index is 12.6. The van der Waals surface area contributed by atoms with Crippen molar-refractivity contribution >= 4 is 5.78 Å². The van der Waals surface area contributed by atoms with E-state index in [1.807, 2.05) is 32.0 Å². The summed E-state index contributed by atoms with van der Waals surface area (Å²) < 4.78 is 5.74. The summed E-state index contributed by atoms with van der Waals surface area (Å²) >= 11 is 0. The van der Waals surface area contributed by atoms with Crippen LogP contribution in [0.5, 0.6) is 0 Å². The third-order valence-corrected chi connectivity index (χ3v) is 4.53. The Morgan fingerprint density at radius 2 is 2.04 bits per heavy atom. The third-order valence-electron chi connectivity index (χ3n) is 4.53. The van der Waals surface area contributed by atoms with Gasteiger partial charge in [-0.2, -0.15) is 0 Å². The van der Waals surface area contributed by atoms with Crippen molar-refractivity contribution in [3.8, 4) is 0 Å². The van der Waals surface area contributed by atoms with Gasteiger partial charge in [0.15, 0.2) is 11.4 Å². The first kappa shape index (κ1) is 19.9. The molecule has 1 rings (SSSR count). The lowest BCUT2D eigenvalue weighted by molar-refractivity contribution is -0.0384. The summed E-state index contributed by atoms with van der Waals surface area (Å²) in [7, 11) is 0. The molecule has 1 N–H and O–H groups in total. The van der Waals surface area contributed by atoms with Gasteiger partial charge in [-0.25, -0.2) is 0 Å². The fourth-order valence-electron chi connectivity index (χ4n) is 2.68. The van der Waals surface area contributed by atoms with Gasteiger partial charge >= 0.3 is 0 Å². The van der Waals surface area contributed by atoms with Crippen molar-refractivity contribution in [1.82, 2.24) is 0 Å². The van der Waals surface area contributed by atoms with Gasteiger partial charge in [0.25, 0.3) is 0 Å². The molecule has 0 saturated carbocycles. The van der Waals surface area contributed by atoms with Crippen LogP contribution in [0.3, 0.4) is 0 Å². The Labute approximate surface area is 141 Å². The van der Waals surface area contributed by atoms with Gasteiger partial charge in [-0.1, -0.05) is 63.8 Å². The van der Waals surface area contributed by atoms with Crippen LogP contribution in [0.25, 0.3) is 0 Å². The number of aliphatic hydroxyl groups is 1. The second-order valence-corrected chi connectivity index (χ2v) is 6.52. The van der Waals surface area contributed by atoms with E-state index in [9.17, 15) is 9.90 Å². The SMILES string of the molecule is CCCCC(CC)COCC(O)(CC)C(=O)c1cccc(C)c1. The predicted molar refractivity (Wildman–Crippen MR) is 94.9 cm³/mol. The highest BCUT2D eigenvalue weighted by atomic mass is 16.5. The minimum absolute atomic E-state index is 0.0684. The summed E-state index contributed by atoms with van der Waals surface area (Å²) in [6, 6.07) is 7.36. The second-order valence-electron chi connectivity index (χ2n) is 6.52. The molecule has 2 atom stereocenters. The second kappa shape index (κ2) is 9.84. The molecule has 2 unspecified atom stereocenters. The monoisotopic (exact) mass is 320 g/mol. The molecule has 0 bridgehead atoms. The lowest BCUT2D eigenvalue weighted by Gasteiger charge is -2.26. The van der Waals surface area contributed by atoms with E-state index in [4.69, 9.17) is 4.74 Å². The average Bonchev–Trinajstić information content (AvgIpc) is 2.57. The molecule has 0 amide bonds. The van der Waals surface area contributed by atoms with Crippen LogP contribution >= 0.6 is 0 Å². The lowest BCUT2D eigenvalue weighted by Crippen LogP contribution is -2.43. The number of Topliss-reactive ketones (excluding diaryl/α,β-unsaturated/α-hetero) is 1. The maximum Gasteiger partial charge on any atom is 0.196 e. The number of aryl methyl sites for hydroxylation is 1. The van der Waals surface area contributed by atoms with Gasteiger partial charge in [0.1, 0.15) is 0 Å². The van der Waals surface area contributed by atoms with E-state index in [0.717, 1.165) is 18.4 Å². The summed E-state index contributed by atoms with van der Waals surface area (Å²) in [5.74, 6) is 0.260. The number of carbonyl (C=O) groups is 1. The van der Waals surface area contributed by atoms with E-state index >= 15 is 0 Å². The summed E-state index contributed by atoms with van der Waals surface area (Å²) in [6.45, 7) is 8.79. The fourth-order valence-corrected chi connectivity index (χ4v) is 2.68.